The molecule has 0 bridgehead atoms. The number of rotatable bonds is 8. The molecule has 6 nitrogen and oxygen atoms in total. The first kappa shape index (κ1) is 20.6. The molecule has 0 saturated carbocycles. The van der Waals surface area contributed by atoms with Crippen LogP contribution in [-0.2, 0) is 24.2 Å². The van der Waals surface area contributed by atoms with E-state index in [1.807, 2.05) is 44.2 Å². The maximum atomic E-state index is 12.2. The standard InChI is InChI=1S/C20H23NO5S/c1-15-8-10-18(11-9-15)27(24,25)13-12-20(23)26-14-19(22)21-16(2)17-6-4-3-5-7-17/h3-11,16H,12-14H2,1-2H3,(H,21,22)/t16-/m1/s1. The van der Waals surface area contributed by atoms with Crippen LogP contribution in [0.2, 0.25) is 0 Å². The number of sulfone groups is 1. The lowest BCUT2D eigenvalue weighted by Gasteiger charge is -2.14. The van der Waals surface area contributed by atoms with E-state index in [9.17, 15) is 18.0 Å². The van der Waals surface area contributed by atoms with Crippen molar-refractivity contribution in [3.05, 3.63) is 65.7 Å². The number of hydrogen-bond acceptors (Lipinski definition) is 5. The molecule has 0 unspecified atom stereocenters. The van der Waals surface area contributed by atoms with Crippen LogP contribution in [0.3, 0.4) is 0 Å². The number of carbonyl (C=O) groups excluding carboxylic acids is 2. The molecule has 0 radical (unpaired) electrons. The third-order valence-corrected chi connectivity index (χ3v) is 5.73. The van der Waals surface area contributed by atoms with Crippen LogP contribution in [0.25, 0.3) is 0 Å². The Balaban J connectivity index is 1.77. The molecular formula is C20H23NO5S. The van der Waals surface area contributed by atoms with Crippen molar-refractivity contribution in [1.29, 1.82) is 0 Å². The number of carbonyl (C=O) groups is 2. The van der Waals surface area contributed by atoms with E-state index in [1.54, 1.807) is 12.1 Å². The zero-order valence-corrected chi connectivity index (χ0v) is 16.2. The molecule has 144 valence electrons. The van der Waals surface area contributed by atoms with Gasteiger partial charge in [0, 0.05) is 0 Å². The quantitative estimate of drug-likeness (QED) is 0.701. The van der Waals surface area contributed by atoms with Crippen molar-refractivity contribution in [2.24, 2.45) is 0 Å². The minimum Gasteiger partial charge on any atom is -0.456 e. The Morgan fingerprint density at radius 1 is 1.04 bits per heavy atom. The van der Waals surface area contributed by atoms with E-state index in [-0.39, 0.29) is 23.1 Å². The Labute approximate surface area is 159 Å². The highest BCUT2D eigenvalue weighted by molar-refractivity contribution is 7.91. The number of nitrogens with one attached hydrogen (secondary N) is 1. The van der Waals surface area contributed by atoms with Crippen molar-refractivity contribution in [2.75, 3.05) is 12.4 Å². The summed E-state index contributed by atoms with van der Waals surface area (Å²) in [5, 5.41) is 2.72. The van der Waals surface area contributed by atoms with E-state index in [1.165, 1.54) is 12.1 Å². The van der Waals surface area contributed by atoms with E-state index < -0.39 is 28.3 Å². The van der Waals surface area contributed by atoms with Gasteiger partial charge in [0.1, 0.15) is 0 Å². The van der Waals surface area contributed by atoms with Gasteiger partial charge >= 0.3 is 5.97 Å². The van der Waals surface area contributed by atoms with Crippen LogP contribution in [0, 0.1) is 6.92 Å². The van der Waals surface area contributed by atoms with E-state index in [0.29, 0.717) is 0 Å². The smallest absolute Gasteiger partial charge is 0.307 e. The molecule has 2 rings (SSSR count). The number of hydrogen-bond donors (Lipinski definition) is 1. The highest BCUT2D eigenvalue weighted by Crippen LogP contribution is 2.13. The average molecular weight is 389 g/mol. The number of aryl methyl sites for hydroxylation is 1. The molecule has 2 aromatic carbocycles. The van der Waals surface area contributed by atoms with Crippen LogP contribution in [0.4, 0.5) is 0 Å². The molecule has 0 aliphatic carbocycles. The normalized spacial score (nSPS) is 12.2. The van der Waals surface area contributed by atoms with Crippen LogP contribution in [0.5, 0.6) is 0 Å². The summed E-state index contributed by atoms with van der Waals surface area (Å²) in [6.45, 7) is 3.24. The fourth-order valence-electron chi connectivity index (χ4n) is 2.41. The topological polar surface area (TPSA) is 89.5 Å². The Morgan fingerprint density at radius 3 is 2.30 bits per heavy atom. The number of amides is 1. The zero-order chi connectivity index (χ0) is 19.9. The molecule has 1 atom stereocenters. The average Bonchev–Trinajstić information content (AvgIpc) is 2.66. The summed E-state index contributed by atoms with van der Waals surface area (Å²) in [4.78, 5) is 23.8. The molecule has 0 fully saturated rings. The monoisotopic (exact) mass is 389 g/mol. The first-order valence-corrected chi connectivity index (χ1v) is 10.2. The molecule has 0 aliphatic heterocycles. The molecule has 2 aromatic rings. The Kier molecular flexibility index (Phi) is 7.12. The van der Waals surface area contributed by atoms with Crippen molar-refractivity contribution < 1.29 is 22.7 Å². The molecule has 0 aromatic heterocycles. The molecule has 0 aliphatic rings. The van der Waals surface area contributed by atoms with Gasteiger partial charge < -0.3 is 10.1 Å². The van der Waals surface area contributed by atoms with Gasteiger partial charge in [-0.25, -0.2) is 8.42 Å². The van der Waals surface area contributed by atoms with Crippen molar-refractivity contribution in [3.8, 4) is 0 Å². The second-order valence-electron chi connectivity index (χ2n) is 6.24. The Morgan fingerprint density at radius 2 is 1.67 bits per heavy atom. The fraction of sp³-hybridized carbons (Fsp3) is 0.300. The first-order valence-electron chi connectivity index (χ1n) is 8.57. The second-order valence-corrected chi connectivity index (χ2v) is 8.35. The highest BCUT2D eigenvalue weighted by Gasteiger charge is 2.18. The Hall–Kier alpha value is -2.67. The minimum atomic E-state index is -3.57. The van der Waals surface area contributed by atoms with Gasteiger partial charge in [-0.05, 0) is 31.5 Å². The first-order chi connectivity index (χ1) is 12.8. The third-order valence-electron chi connectivity index (χ3n) is 4.00. The van der Waals surface area contributed by atoms with Crippen molar-refractivity contribution >= 4 is 21.7 Å². The van der Waals surface area contributed by atoms with E-state index in [2.05, 4.69) is 5.32 Å². The van der Waals surface area contributed by atoms with Gasteiger partial charge in [0.25, 0.3) is 5.91 Å². The van der Waals surface area contributed by atoms with Gasteiger partial charge in [-0.1, -0.05) is 48.0 Å². The van der Waals surface area contributed by atoms with E-state index in [4.69, 9.17) is 4.74 Å². The van der Waals surface area contributed by atoms with Crippen molar-refractivity contribution in [3.63, 3.8) is 0 Å². The SMILES string of the molecule is Cc1ccc(S(=O)(=O)CCC(=O)OCC(=O)N[C@H](C)c2ccccc2)cc1. The minimum absolute atomic E-state index is 0.162. The lowest BCUT2D eigenvalue weighted by Crippen LogP contribution is -2.31. The maximum absolute atomic E-state index is 12.2. The van der Waals surface area contributed by atoms with Gasteiger partial charge in [0.15, 0.2) is 16.4 Å². The van der Waals surface area contributed by atoms with Crippen molar-refractivity contribution in [2.45, 2.75) is 31.2 Å². The van der Waals surface area contributed by atoms with Gasteiger partial charge in [-0.2, -0.15) is 0 Å². The summed E-state index contributed by atoms with van der Waals surface area (Å²) in [6, 6.07) is 15.6. The molecule has 1 N–H and O–H groups in total. The van der Waals surface area contributed by atoms with Gasteiger partial charge in [0.2, 0.25) is 0 Å². The zero-order valence-electron chi connectivity index (χ0n) is 15.3. The molecule has 0 spiro atoms. The molecule has 7 heteroatoms. The fourth-order valence-corrected chi connectivity index (χ4v) is 3.63. The molecule has 0 heterocycles. The largest absolute Gasteiger partial charge is 0.456 e. The number of benzene rings is 2. The third kappa shape index (κ3) is 6.53. The molecule has 27 heavy (non-hydrogen) atoms. The van der Waals surface area contributed by atoms with Crippen molar-refractivity contribution in [1.82, 2.24) is 5.32 Å². The summed E-state index contributed by atoms with van der Waals surface area (Å²) in [5.74, 6) is -1.54. The van der Waals surface area contributed by atoms with E-state index >= 15 is 0 Å². The van der Waals surface area contributed by atoms with Gasteiger partial charge in [-0.15, -0.1) is 0 Å². The lowest BCUT2D eigenvalue weighted by atomic mass is 10.1. The van der Waals surface area contributed by atoms with Crippen LogP contribution in [-0.4, -0.2) is 32.7 Å². The summed E-state index contributed by atoms with van der Waals surface area (Å²) in [6.07, 6.45) is -0.308. The number of ether oxygens (including phenoxy) is 1. The summed E-state index contributed by atoms with van der Waals surface area (Å²) >= 11 is 0. The predicted octanol–water partition coefficient (Wildman–Crippen LogP) is 2.58. The molecular weight excluding hydrogens is 366 g/mol. The molecule has 0 saturated heterocycles. The molecule has 1 amide bonds. The summed E-state index contributed by atoms with van der Waals surface area (Å²) < 4.78 is 29.3. The maximum Gasteiger partial charge on any atom is 0.307 e. The van der Waals surface area contributed by atoms with Gasteiger partial charge in [0.05, 0.1) is 23.1 Å². The van der Waals surface area contributed by atoms with Crippen LogP contribution in [0.1, 0.15) is 30.5 Å². The highest BCUT2D eigenvalue weighted by atomic mass is 32.2. The van der Waals surface area contributed by atoms with Gasteiger partial charge in [-0.3, -0.25) is 9.59 Å². The second kappa shape index (κ2) is 9.32. The van der Waals surface area contributed by atoms with Crippen LogP contribution >= 0.6 is 0 Å². The Bertz CT molecular complexity index is 876. The van der Waals surface area contributed by atoms with Crippen LogP contribution in [0.15, 0.2) is 59.5 Å². The summed E-state index contributed by atoms with van der Waals surface area (Å²) in [7, 11) is -3.57. The van der Waals surface area contributed by atoms with E-state index in [0.717, 1.165) is 11.1 Å². The lowest BCUT2D eigenvalue weighted by molar-refractivity contribution is -0.148. The van der Waals surface area contributed by atoms with Crippen LogP contribution < -0.4 is 5.32 Å². The predicted molar refractivity (Wildman–Crippen MR) is 102 cm³/mol. The number of esters is 1. The summed E-state index contributed by atoms with van der Waals surface area (Å²) in [5.41, 5.74) is 1.88.